The lowest BCUT2D eigenvalue weighted by atomic mass is 10.0. The van der Waals surface area contributed by atoms with Gasteiger partial charge in [0, 0.05) is 28.8 Å². The Kier molecular flexibility index (Phi) is 4.43. The van der Waals surface area contributed by atoms with E-state index in [9.17, 15) is 4.79 Å². The molecular formula is C21H24N2O. The molecule has 0 atom stereocenters. The van der Waals surface area contributed by atoms with Crippen molar-refractivity contribution in [2.75, 3.05) is 11.4 Å². The Labute approximate surface area is 143 Å². The van der Waals surface area contributed by atoms with Crippen LogP contribution in [0.4, 0.5) is 5.69 Å². The molecule has 3 aromatic rings. The summed E-state index contributed by atoms with van der Waals surface area (Å²) in [5, 5.41) is 1.15. The van der Waals surface area contributed by atoms with E-state index in [4.69, 9.17) is 0 Å². The van der Waals surface area contributed by atoms with E-state index in [1.165, 1.54) is 5.56 Å². The van der Waals surface area contributed by atoms with E-state index in [-0.39, 0.29) is 5.91 Å². The van der Waals surface area contributed by atoms with Crippen molar-refractivity contribution in [3.63, 3.8) is 0 Å². The largest absolute Gasteiger partial charge is 0.358 e. The number of likely N-dealkylation sites (N-methyl/N-ethyl adjacent to an activating group) is 1. The van der Waals surface area contributed by atoms with Crippen LogP contribution in [-0.4, -0.2) is 17.4 Å². The van der Waals surface area contributed by atoms with Crippen molar-refractivity contribution in [1.29, 1.82) is 0 Å². The summed E-state index contributed by atoms with van der Waals surface area (Å²) in [5.74, 6) is 0.133. The highest BCUT2D eigenvalue weighted by atomic mass is 16.2. The first-order valence-electron chi connectivity index (χ1n) is 8.44. The maximum atomic E-state index is 12.9. The number of carbonyl (C=O) groups excluding carboxylic acids is 1. The third-order valence-corrected chi connectivity index (χ3v) is 4.53. The lowest BCUT2D eigenvalue weighted by Crippen LogP contribution is -2.32. The zero-order valence-corrected chi connectivity index (χ0v) is 14.8. The number of aromatic nitrogens is 1. The Balaban J connectivity index is 1.94. The molecule has 0 saturated carbocycles. The van der Waals surface area contributed by atoms with Gasteiger partial charge in [-0.15, -0.1) is 0 Å². The summed E-state index contributed by atoms with van der Waals surface area (Å²) in [5.41, 5.74) is 6.61. The molecular weight excluding hydrogens is 296 g/mol. The third kappa shape index (κ3) is 3.07. The van der Waals surface area contributed by atoms with Crippen LogP contribution in [0.2, 0.25) is 0 Å². The average molecular weight is 320 g/mol. The fourth-order valence-corrected chi connectivity index (χ4v) is 3.27. The number of hydrogen-bond donors (Lipinski definition) is 1. The standard InChI is InChI=1S/C21H24N2O/c1-5-23(17-8-6-7-14(2)11-17)21(24)13-18-16(4)22-20-10-9-15(3)12-19(18)20/h6-12,22H,5,13H2,1-4H3. The number of carbonyl (C=O) groups is 1. The molecule has 0 aliphatic heterocycles. The fourth-order valence-electron chi connectivity index (χ4n) is 3.27. The van der Waals surface area contributed by atoms with Crippen molar-refractivity contribution in [3.8, 4) is 0 Å². The number of hydrogen-bond acceptors (Lipinski definition) is 1. The van der Waals surface area contributed by atoms with E-state index in [0.717, 1.165) is 33.4 Å². The van der Waals surface area contributed by atoms with Crippen molar-refractivity contribution in [2.24, 2.45) is 0 Å². The predicted octanol–water partition coefficient (Wildman–Crippen LogP) is 4.69. The van der Waals surface area contributed by atoms with Crippen LogP contribution in [0.1, 0.15) is 29.3 Å². The minimum absolute atomic E-state index is 0.133. The van der Waals surface area contributed by atoms with Crippen molar-refractivity contribution < 1.29 is 4.79 Å². The van der Waals surface area contributed by atoms with E-state index >= 15 is 0 Å². The zero-order valence-electron chi connectivity index (χ0n) is 14.8. The van der Waals surface area contributed by atoms with E-state index in [1.807, 2.05) is 30.9 Å². The first kappa shape index (κ1) is 16.3. The molecule has 0 radical (unpaired) electrons. The minimum Gasteiger partial charge on any atom is -0.358 e. The molecule has 3 nitrogen and oxygen atoms in total. The van der Waals surface area contributed by atoms with Gasteiger partial charge in [-0.2, -0.15) is 0 Å². The Morgan fingerprint density at radius 1 is 1.04 bits per heavy atom. The van der Waals surface area contributed by atoms with Gasteiger partial charge in [0.15, 0.2) is 0 Å². The highest BCUT2D eigenvalue weighted by Gasteiger charge is 2.18. The number of fused-ring (bicyclic) bond motifs is 1. The molecule has 3 rings (SSSR count). The van der Waals surface area contributed by atoms with Gasteiger partial charge in [0.25, 0.3) is 0 Å². The van der Waals surface area contributed by atoms with Gasteiger partial charge < -0.3 is 9.88 Å². The third-order valence-electron chi connectivity index (χ3n) is 4.53. The fraction of sp³-hybridized carbons (Fsp3) is 0.286. The number of H-pyrrole nitrogens is 1. The van der Waals surface area contributed by atoms with Crippen LogP contribution in [0.5, 0.6) is 0 Å². The molecule has 3 heteroatoms. The molecule has 124 valence electrons. The van der Waals surface area contributed by atoms with Crippen LogP contribution >= 0.6 is 0 Å². The SMILES string of the molecule is CCN(C(=O)Cc1c(C)[nH]c2ccc(C)cc12)c1cccc(C)c1. The Morgan fingerprint density at radius 2 is 1.79 bits per heavy atom. The van der Waals surface area contributed by atoms with Gasteiger partial charge in [-0.1, -0.05) is 23.8 Å². The number of aryl methyl sites for hydroxylation is 3. The summed E-state index contributed by atoms with van der Waals surface area (Å²) in [7, 11) is 0. The normalized spacial score (nSPS) is 11.0. The van der Waals surface area contributed by atoms with E-state index in [1.54, 1.807) is 0 Å². The molecule has 0 bridgehead atoms. The van der Waals surface area contributed by atoms with Gasteiger partial charge in [-0.05, 0) is 63.1 Å². The average Bonchev–Trinajstić information content (AvgIpc) is 2.84. The lowest BCUT2D eigenvalue weighted by Gasteiger charge is -2.21. The van der Waals surface area contributed by atoms with E-state index in [0.29, 0.717) is 13.0 Å². The van der Waals surface area contributed by atoms with Crippen molar-refractivity contribution in [3.05, 3.63) is 64.8 Å². The number of aromatic amines is 1. The Hall–Kier alpha value is -2.55. The summed E-state index contributed by atoms with van der Waals surface area (Å²) >= 11 is 0. The van der Waals surface area contributed by atoms with Crippen LogP contribution in [0.25, 0.3) is 10.9 Å². The van der Waals surface area contributed by atoms with Gasteiger partial charge in [-0.3, -0.25) is 4.79 Å². The lowest BCUT2D eigenvalue weighted by molar-refractivity contribution is -0.117. The number of nitrogens with zero attached hydrogens (tertiary/aromatic N) is 1. The zero-order chi connectivity index (χ0) is 17.3. The number of rotatable bonds is 4. The number of anilines is 1. The second-order valence-electron chi connectivity index (χ2n) is 6.43. The topological polar surface area (TPSA) is 36.1 Å². The highest BCUT2D eigenvalue weighted by Crippen LogP contribution is 2.25. The van der Waals surface area contributed by atoms with Crippen molar-refractivity contribution in [1.82, 2.24) is 4.98 Å². The van der Waals surface area contributed by atoms with Gasteiger partial charge in [0.1, 0.15) is 0 Å². The summed E-state index contributed by atoms with van der Waals surface area (Å²) in [6.07, 6.45) is 0.414. The molecule has 1 amide bonds. The van der Waals surface area contributed by atoms with Gasteiger partial charge in [-0.25, -0.2) is 0 Å². The molecule has 0 spiro atoms. The van der Waals surface area contributed by atoms with Gasteiger partial charge in [0.2, 0.25) is 5.91 Å². The van der Waals surface area contributed by atoms with Crippen LogP contribution in [0.15, 0.2) is 42.5 Å². The monoisotopic (exact) mass is 320 g/mol. The van der Waals surface area contributed by atoms with Crippen molar-refractivity contribution in [2.45, 2.75) is 34.1 Å². The molecule has 1 aromatic heterocycles. The molecule has 1 N–H and O–H groups in total. The summed E-state index contributed by atoms with van der Waals surface area (Å²) < 4.78 is 0. The second kappa shape index (κ2) is 6.52. The molecule has 2 aromatic carbocycles. The summed E-state index contributed by atoms with van der Waals surface area (Å²) in [6, 6.07) is 14.5. The first-order valence-corrected chi connectivity index (χ1v) is 8.44. The molecule has 0 aliphatic rings. The Morgan fingerprint density at radius 3 is 2.50 bits per heavy atom. The molecule has 0 aliphatic carbocycles. The highest BCUT2D eigenvalue weighted by molar-refractivity contribution is 5.98. The quantitative estimate of drug-likeness (QED) is 0.744. The maximum absolute atomic E-state index is 12.9. The number of benzene rings is 2. The van der Waals surface area contributed by atoms with Crippen LogP contribution in [0.3, 0.4) is 0 Å². The molecule has 24 heavy (non-hydrogen) atoms. The minimum atomic E-state index is 0.133. The summed E-state index contributed by atoms with van der Waals surface area (Å²) in [4.78, 5) is 18.2. The van der Waals surface area contributed by atoms with Gasteiger partial charge >= 0.3 is 0 Å². The molecule has 0 fully saturated rings. The van der Waals surface area contributed by atoms with Crippen molar-refractivity contribution >= 4 is 22.5 Å². The van der Waals surface area contributed by atoms with E-state index in [2.05, 4.69) is 49.2 Å². The Bertz CT molecular complexity index is 892. The summed E-state index contributed by atoms with van der Waals surface area (Å²) in [6.45, 7) is 8.86. The first-order chi connectivity index (χ1) is 11.5. The van der Waals surface area contributed by atoms with Gasteiger partial charge in [0.05, 0.1) is 6.42 Å². The smallest absolute Gasteiger partial charge is 0.231 e. The molecule has 0 unspecified atom stereocenters. The second-order valence-corrected chi connectivity index (χ2v) is 6.43. The predicted molar refractivity (Wildman–Crippen MR) is 101 cm³/mol. The van der Waals surface area contributed by atoms with Crippen LogP contribution < -0.4 is 4.90 Å². The number of nitrogens with one attached hydrogen (secondary N) is 1. The molecule has 0 saturated heterocycles. The van der Waals surface area contributed by atoms with E-state index < -0.39 is 0 Å². The van der Waals surface area contributed by atoms with Crippen LogP contribution in [-0.2, 0) is 11.2 Å². The van der Waals surface area contributed by atoms with Crippen LogP contribution in [0, 0.1) is 20.8 Å². The molecule has 1 heterocycles. The number of amides is 1. The maximum Gasteiger partial charge on any atom is 0.231 e.